The van der Waals surface area contributed by atoms with E-state index in [2.05, 4.69) is 33.9 Å². The summed E-state index contributed by atoms with van der Waals surface area (Å²) in [6, 6.07) is 9.28. The summed E-state index contributed by atoms with van der Waals surface area (Å²) in [7, 11) is -1.94. The fraction of sp³-hybridized carbons (Fsp3) is 0.650. The third-order valence-electron chi connectivity index (χ3n) is 5.60. The summed E-state index contributed by atoms with van der Waals surface area (Å²) in [6.45, 7) is 12.1. The van der Waals surface area contributed by atoms with Gasteiger partial charge in [-0.2, -0.15) is 0 Å². The number of rotatable bonds is 5. The van der Waals surface area contributed by atoms with E-state index in [1.807, 2.05) is 30.3 Å². The first-order chi connectivity index (χ1) is 12.1. The molecule has 5 nitrogen and oxygen atoms in total. The third-order valence-corrected chi connectivity index (χ3v) is 10.1. The molecule has 0 radical (unpaired) electrons. The minimum atomic E-state index is -1.94. The summed E-state index contributed by atoms with van der Waals surface area (Å²) >= 11 is 0. The number of ether oxygens (including phenoxy) is 1. The highest BCUT2D eigenvalue weighted by molar-refractivity contribution is 6.74. The Balaban J connectivity index is 1.99. The average Bonchev–Trinajstić information content (AvgIpc) is 2.58. The van der Waals surface area contributed by atoms with Gasteiger partial charge in [0.15, 0.2) is 8.32 Å². The van der Waals surface area contributed by atoms with Crippen LogP contribution in [0.15, 0.2) is 30.3 Å². The lowest BCUT2D eigenvalue weighted by Gasteiger charge is -2.42. The number of nitrogens with zero attached hydrogens (tertiary/aromatic N) is 1. The second kappa shape index (κ2) is 8.54. The Morgan fingerprint density at radius 2 is 1.92 bits per heavy atom. The van der Waals surface area contributed by atoms with Gasteiger partial charge >= 0.3 is 6.09 Å². The molecular weight excluding hydrogens is 346 g/mol. The monoisotopic (exact) mass is 379 g/mol. The van der Waals surface area contributed by atoms with Crippen molar-refractivity contribution in [2.75, 3.05) is 13.2 Å². The standard InChI is InChI=1S/C20H33NO4Si/c1-20(2,3)26(4,5)25-15-17-18(22)12-9-13-21(17)19(23)24-14-16-10-7-6-8-11-16/h6-8,10-11,17-18,22H,9,12-15H2,1-5H3. The summed E-state index contributed by atoms with van der Waals surface area (Å²) in [5.74, 6) is 0. The highest BCUT2D eigenvalue weighted by atomic mass is 28.4. The first kappa shape index (κ1) is 20.9. The van der Waals surface area contributed by atoms with Gasteiger partial charge in [-0.1, -0.05) is 51.1 Å². The van der Waals surface area contributed by atoms with E-state index in [0.717, 1.165) is 12.0 Å². The van der Waals surface area contributed by atoms with Gasteiger partial charge in [0.1, 0.15) is 6.61 Å². The molecule has 1 aliphatic heterocycles. The van der Waals surface area contributed by atoms with E-state index < -0.39 is 14.4 Å². The Bertz CT molecular complexity index is 585. The van der Waals surface area contributed by atoms with Gasteiger partial charge in [0, 0.05) is 6.54 Å². The fourth-order valence-electron chi connectivity index (χ4n) is 2.78. The molecule has 0 aromatic heterocycles. The quantitative estimate of drug-likeness (QED) is 0.780. The Morgan fingerprint density at radius 1 is 1.27 bits per heavy atom. The van der Waals surface area contributed by atoms with E-state index in [4.69, 9.17) is 9.16 Å². The number of hydrogen-bond donors (Lipinski definition) is 1. The van der Waals surface area contributed by atoms with E-state index in [-0.39, 0.29) is 23.8 Å². The van der Waals surface area contributed by atoms with Crippen LogP contribution in [0, 0.1) is 0 Å². The number of aliphatic hydroxyl groups excluding tert-OH is 1. The molecule has 1 saturated heterocycles. The molecule has 2 unspecified atom stereocenters. The maximum absolute atomic E-state index is 12.6. The van der Waals surface area contributed by atoms with Gasteiger partial charge in [-0.15, -0.1) is 0 Å². The molecule has 1 aromatic carbocycles. The second-order valence-electron chi connectivity index (χ2n) is 8.58. The smallest absolute Gasteiger partial charge is 0.410 e. The molecule has 1 aromatic rings. The lowest BCUT2D eigenvalue weighted by atomic mass is 10.0. The molecule has 1 aliphatic rings. The lowest BCUT2D eigenvalue weighted by Crippen LogP contribution is -2.55. The zero-order chi connectivity index (χ0) is 19.4. The van der Waals surface area contributed by atoms with Gasteiger partial charge in [-0.3, -0.25) is 0 Å². The summed E-state index contributed by atoms with van der Waals surface area (Å²) < 4.78 is 11.8. The molecule has 1 fully saturated rings. The fourth-order valence-corrected chi connectivity index (χ4v) is 3.80. The van der Waals surface area contributed by atoms with Crippen molar-refractivity contribution in [1.29, 1.82) is 0 Å². The van der Waals surface area contributed by atoms with E-state index in [9.17, 15) is 9.90 Å². The first-order valence-electron chi connectivity index (χ1n) is 9.41. The molecule has 1 amide bonds. The van der Waals surface area contributed by atoms with Crippen LogP contribution in [0.2, 0.25) is 18.1 Å². The van der Waals surface area contributed by atoms with Crippen molar-refractivity contribution >= 4 is 14.4 Å². The predicted octanol–water partition coefficient (Wildman–Crippen LogP) is 4.17. The Kier molecular flexibility index (Phi) is 6.88. The number of piperidine rings is 1. The van der Waals surface area contributed by atoms with Gasteiger partial charge in [0.05, 0.1) is 18.8 Å². The SMILES string of the molecule is CC(C)(C)[Si](C)(C)OCC1C(O)CCCN1C(=O)OCc1ccccc1. The van der Waals surface area contributed by atoms with Crippen LogP contribution < -0.4 is 0 Å². The number of aliphatic hydroxyl groups is 1. The van der Waals surface area contributed by atoms with Crippen molar-refractivity contribution in [3.8, 4) is 0 Å². The maximum Gasteiger partial charge on any atom is 0.410 e. The van der Waals surface area contributed by atoms with Crippen LogP contribution in [-0.2, 0) is 15.8 Å². The molecule has 1 N–H and O–H groups in total. The summed E-state index contributed by atoms with van der Waals surface area (Å²) in [5.41, 5.74) is 0.951. The second-order valence-corrected chi connectivity index (χ2v) is 13.4. The Morgan fingerprint density at radius 3 is 2.54 bits per heavy atom. The van der Waals surface area contributed by atoms with E-state index in [0.29, 0.717) is 19.6 Å². The van der Waals surface area contributed by atoms with Crippen molar-refractivity contribution in [2.24, 2.45) is 0 Å². The number of benzene rings is 1. The van der Waals surface area contributed by atoms with Gasteiger partial charge in [0.2, 0.25) is 0 Å². The van der Waals surface area contributed by atoms with E-state index >= 15 is 0 Å². The highest BCUT2D eigenvalue weighted by Crippen LogP contribution is 2.37. The Labute approximate surface area is 158 Å². The van der Waals surface area contributed by atoms with Gasteiger partial charge in [-0.05, 0) is 36.5 Å². The van der Waals surface area contributed by atoms with Crippen LogP contribution in [0.5, 0.6) is 0 Å². The molecule has 26 heavy (non-hydrogen) atoms. The molecule has 0 aliphatic carbocycles. The van der Waals surface area contributed by atoms with Gasteiger partial charge in [0.25, 0.3) is 0 Å². The first-order valence-corrected chi connectivity index (χ1v) is 12.3. The number of carbonyl (C=O) groups excluding carboxylic acids is 1. The topological polar surface area (TPSA) is 59.0 Å². The number of hydrogen-bond acceptors (Lipinski definition) is 4. The third kappa shape index (κ3) is 5.31. The van der Waals surface area contributed by atoms with Crippen molar-refractivity contribution < 1.29 is 19.1 Å². The van der Waals surface area contributed by atoms with Crippen molar-refractivity contribution in [2.45, 2.75) is 70.5 Å². The number of carbonyl (C=O) groups is 1. The van der Waals surface area contributed by atoms with Crippen LogP contribution in [0.3, 0.4) is 0 Å². The molecular formula is C20H33NO4Si. The molecule has 0 saturated carbocycles. The van der Waals surface area contributed by atoms with Gasteiger partial charge < -0.3 is 19.2 Å². The summed E-state index contributed by atoms with van der Waals surface area (Å²) in [5, 5.41) is 10.5. The predicted molar refractivity (Wildman–Crippen MR) is 106 cm³/mol. The number of amides is 1. The van der Waals surface area contributed by atoms with E-state index in [1.165, 1.54) is 0 Å². The van der Waals surface area contributed by atoms with E-state index in [1.54, 1.807) is 4.90 Å². The lowest BCUT2D eigenvalue weighted by molar-refractivity contribution is -0.0155. The largest absolute Gasteiger partial charge is 0.445 e. The number of likely N-dealkylation sites (tertiary alicyclic amines) is 1. The molecule has 146 valence electrons. The maximum atomic E-state index is 12.6. The van der Waals surface area contributed by atoms with Crippen LogP contribution in [-0.4, -0.2) is 49.7 Å². The zero-order valence-corrected chi connectivity index (χ0v) is 17.7. The zero-order valence-electron chi connectivity index (χ0n) is 16.7. The summed E-state index contributed by atoms with van der Waals surface area (Å²) in [4.78, 5) is 14.2. The normalized spacial score (nSPS) is 21.5. The average molecular weight is 380 g/mol. The van der Waals surface area contributed by atoms with Crippen LogP contribution in [0.1, 0.15) is 39.2 Å². The molecule has 6 heteroatoms. The van der Waals surface area contributed by atoms with Crippen LogP contribution in [0.4, 0.5) is 4.79 Å². The Hall–Kier alpha value is -1.37. The molecule has 0 bridgehead atoms. The van der Waals surface area contributed by atoms with Crippen molar-refractivity contribution in [1.82, 2.24) is 4.90 Å². The van der Waals surface area contributed by atoms with Crippen LogP contribution in [0.25, 0.3) is 0 Å². The molecule has 2 rings (SSSR count). The van der Waals surface area contributed by atoms with Gasteiger partial charge in [-0.25, -0.2) is 4.79 Å². The summed E-state index contributed by atoms with van der Waals surface area (Å²) in [6.07, 6.45) is 0.515. The highest BCUT2D eigenvalue weighted by Gasteiger charge is 2.40. The molecule has 2 atom stereocenters. The molecule has 0 spiro atoms. The van der Waals surface area contributed by atoms with Crippen molar-refractivity contribution in [3.05, 3.63) is 35.9 Å². The van der Waals surface area contributed by atoms with Crippen LogP contribution >= 0.6 is 0 Å². The minimum Gasteiger partial charge on any atom is -0.445 e. The van der Waals surface area contributed by atoms with Crippen molar-refractivity contribution in [3.63, 3.8) is 0 Å². The minimum absolute atomic E-state index is 0.0886. The molecule has 1 heterocycles.